The Hall–Kier alpha value is -3.33. The van der Waals surface area contributed by atoms with Gasteiger partial charge in [-0.15, -0.1) is 0 Å². The van der Waals surface area contributed by atoms with Crippen molar-refractivity contribution in [1.29, 1.82) is 0 Å². The summed E-state index contributed by atoms with van der Waals surface area (Å²) in [5.41, 5.74) is 0.899. The van der Waals surface area contributed by atoms with E-state index in [-0.39, 0.29) is 12.3 Å². The molecule has 0 saturated carbocycles. The second-order valence-electron chi connectivity index (χ2n) is 7.20. The molecule has 0 saturated heterocycles. The molecule has 1 atom stereocenters. The molecule has 33 heavy (non-hydrogen) atoms. The summed E-state index contributed by atoms with van der Waals surface area (Å²) >= 11 is 0. The molecule has 0 radical (unpaired) electrons. The van der Waals surface area contributed by atoms with Crippen LogP contribution in [0.4, 0.5) is 27.6 Å². The minimum atomic E-state index is -4.81. The molecule has 0 fully saturated rings. The Morgan fingerprint density at radius 1 is 0.818 bits per heavy atom. The number of nitrogens with zero attached hydrogens (tertiary/aromatic N) is 1. The summed E-state index contributed by atoms with van der Waals surface area (Å²) in [6.45, 7) is -1.56. The average molecular weight is 467 g/mol. The van der Waals surface area contributed by atoms with Gasteiger partial charge >= 0.3 is 6.18 Å². The van der Waals surface area contributed by atoms with E-state index in [1.807, 2.05) is 6.07 Å². The van der Waals surface area contributed by atoms with Crippen molar-refractivity contribution in [2.75, 3.05) is 18.1 Å². The van der Waals surface area contributed by atoms with E-state index in [1.165, 1.54) is 17.0 Å². The maximum atomic E-state index is 13.1. The molecule has 9 heteroatoms. The number of alkyl halides is 5. The molecule has 0 amide bonds. The van der Waals surface area contributed by atoms with Crippen molar-refractivity contribution < 1.29 is 36.5 Å². The Kier molecular flexibility index (Phi) is 8.11. The van der Waals surface area contributed by atoms with Gasteiger partial charge in [-0.1, -0.05) is 36.4 Å². The molecule has 0 heterocycles. The Labute approximate surface area is 187 Å². The van der Waals surface area contributed by atoms with Crippen molar-refractivity contribution in [3.05, 3.63) is 84.4 Å². The van der Waals surface area contributed by atoms with Crippen LogP contribution >= 0.6 is 0 Å². The number of hydrogen-bond donors (Lipinski definition) is 1. The molecule has 0 unspecified atom stereocenters. The number of anilines is 1. The highest BCUT2D eigenvalue weighted by Crippen LogP contribution is 2.29. The van der Waals surface area contributed by atoms with Crippen LogP contribution in [0.3, 0.4) is 0 Å². The first-order valence-electron chi connectivity index (χ1n) is 10.0. The van der Waals surface area contributed by atoms with Crippen molar-refractivity contribution in [2.45, 2.75) is 25.3 Å². The van der Waals surface area contributed by atoms with Crippen molar-refractivity contribution in [1.82, 2.24) is 0 Å². The lowest BCUT2D eigenvalue weighted by atomic mass is 10.1. The minimum Gasteiger partial charge on any atom is -0.488 e. The van der Waals surface area contributed by atoms with Crippen molar-refractivity contribution in [2.24, 2.45) is 0 Å². The molecule has 1 N–H and O–H groups in total. The number of halogens is 5. The molecule has 3 aromatic carbocycles. The van der Waals surface area contributed by atoms with Gasteiger partial charge in [0.05, 0.1) is 6.54 Å². The lowest BCUT2D eigenvalue weighted by Gasteiger charge is -2.29. The molecule has 0 spiro atoms. The van der Waals surface area contributed by atoms with Gasteiger partial charge < -0.3 is 19.5 Å². The third-order valence-corrected chi connectivity index (χ3v) is 4.58. The van der Waals surface area contributed by atoms with Gasteiger partial charge in [0.1, 0.15) is 23.9 Å². The van der Waals surface area contributed by atoms with E-state index in [1.54, 1.807) is 60.7 Å². The largest absolute Gasteiger partial charge is 0.488 e. The molecular formula is C24H22F5NO3. The van der Waals surface area contributed by atoms with E-state index in [0.29, 0.717) is 22.7 Å². The monoisotopic (exact) mass is 467 g/mol. The lowest BCUT2D eigenvalue weighted by molar-refractivity contribution is -0.200. The van der Waals surface area contributed by atoms with Crippen LogP contribution in [0.5, 0.6) is 17.2 Å². The quantitative estimate of drug-likeness (QED) is 0.369. The van der Waals surface area contributed by atoms with Crippen LogP contribution < -0.4 is 14.4 Å². The van der Waals surface area contributed by atoms with Gasteiger partial charge in [-0.2, -0.15) is 13.2 Å². The number of benzene rings is 3. The van der Waals surface area contributed by atoms with E-state index in [9.17, 15) is 27.1 Å². The highest BCUT2D eigenvalue weighted by molar-refractivity contribution is 5.52. The molecule has 3 rings (SSSR count). The van der Waals surface area contributed by atoms with Crippen LogP contribution in [0.15, 0.2) is 78.9 Å². The van der Waals surface area contributed by atoms with Gasteiger partial charge in [0.15, 0.2) is 6.10 Å². The summed E-state index contributed by atoms with van der Waals surface area (Å²) in [5.74, 6) is 1.13. The Balaban J connectivity index is 1.84. The fourth-order valence-electron chi connectivity index (χ4n) is 3.06. The summed E-state index contributed by atoms with van der Waals surface area (Å²) in [4.78, 5) is 1.34. The molecule has 0 aliphatic heterocycles. The second kappa shape index (κ2) is 11.0. The van der Waals surface area contributed by atoms with Gasteiger partial charge in [-0.25, -0.2) is 8.78 Å². The fraction of sp³-hybridized carbons (Fsp3) is 0.250. The smallest absolute Gasteiger partial charge is 0.416 e. The Bertz CT molecular complexity index is 1010. The molecule has 0 aliphatic carbocycles. The molecule has 176 valence electrons. The minimum absolute atomic E-state index is 0.0339. The first-order chi connectivity index (χ1) is 15.7. The van der Waals surface area contributed by atoms with Crippen molar-refractivity contribution in [3.8, 4) is 17.2 Å². The summed E-state index contributed by atoms with van der Waals surface area (Å²) in [5, 5.41) is 9.69. The summed E-state index contributed by atoms with van der Waals surface area (Å²) in [6.07, 6.45) is -10.0. The molecule has 0 bridgehead atoms. The average Bonchev–Trinajstić information content (AvgIpc) is 2.78. The maximum absolute atomic E-state index is 13.1. The van der Waals surface area contributed by atoms with Gasteiger partial charge in [0.2, 0.25) is 0 Å². The highest BCUT2D eigenvalue weighted by Gasteiger charge is 2.39. The van der Waals surface area contributed by atoms with Crippen LogP contribution in [0.2, 0.25) is 0 Å². The highest BCUT2D eigenvalue weighted by atomic mass is 19.4. The Morgan fingerprint density at radius 3 is 2.18 bits per heavy atom. The van der Waals surface area contributed by atoms with Crippen LogP contribution in [0, 0.1) is 0 Å². The zero-order valence-electron chi connectivity index (χ0n) is 17.4. The summed E-state index contributed by atoms with van der Waals surface area (Å²) < 4.78 is 74.8. The summed E-state index contributed by atoms with van der Waals surface area (Å²) in [6, 6.07) is 21.5. The van der Waals surface area contributed by atoms with E-state index in [2.05, 4.69) is 0 Å². The number of para-hydroxylation sites is 1. The van der Waals surface area contributed by atoms with Crippen LogP contribution in [0.25, 0.3) is 0 Å². The van der Waals surface area contributed by atoms with Gasteiger partial charge in [0.25, 0.3) is 6.43 Å². The van der Waals surface area contributed by atoms with Gasteiger partial charge in [0, 0.05) is 18.3 Å². The number of aliphatic hydroxyl groups is 1. The fourth-order valence-corrected chi connectivity index (χ4v) is 3.06. The molecule has 4 nitrogen and oxygen atoms in total. The van der Waals surface area contributed by atoms with Crippen molar-refractivity contribution in [3.63, 3.8) is 0 Å². The maximum Gasteiger partial charge on any atom is 0.416 e. The standard InChI is InChI=1S/C24H22F5NO3/c25-23(26)16-32-20-10-4-6-17(12-20)14-30(15-22(31)24(27,28)29)18-7-5-11-21(13-18)33-19-8-2-1-3-9-19/h1-13,22-23,31H,14-16H2/t22-/m1/s1. The number of rotatable bonds is 10. The van der Waals surface area contributed by atoms with E-state index in [4.69, 9.17) is 9.47 Å². The van der Waals surface area contributed by atoms with E-state index >= 15 is 0 Å². The predicted molar refractivity (Wildman–Crippen MR) is 114 cm³/mol. The number of aliphatic hydroxyl groups excluding tert-OH is 1. The third kappa shape index (κ3) is 7.64. The third-order valence-electron chi connectivity index (χ3n) is 4.58. The van der Waals surface area contributed by atoms with Gasteiger partial charge in [-0.05, 0) is 42.0 Å². The predicted octanol–water partition coefficient (Wildman–Crippen LogP) is 6.05. The van der Waals surface area contributed by atoms with E-state index in [0.717, 1.165) is 0 Å². The van der Waals surface area contributed by atoms with Crippen LogP contribution in [-0.2, 0) is 6.54 Å². The first kappa shape index (κ1) is 24.3. The second-order valence-corrected chi connectivity index (χ2v) is 7.20. The Morgan fingerprint density at radius 2 is 1.48 bits per heavy atom. The molecule has 0 aliphatic rings. The zero-order chi connectivity index (χ0) is 23.8. The molecule has 0 aromatic heterocycles. The molecular weight excluding hydrogens is 445 g/mol. The number of ether oxygens (including phenoxy) is 2. The van der Waals surface area contributed by atoms with Crippen molar-refractivity contribution >= 4 is 5.69 Å². The first-order valence-corrected chi connectivity index (χ1v) is 10.0. The molecule has 3 aromatic rings. The topological polar surface area (TPSA) is 41.9 Å². The normalized spacial score (nSPS) is 12.5. The van der Waals surface area contributed by atoms with Crippen LogP contribution in [0.1, 0.15) is 5.56 Å². The van der Waals surface area contributed by atoms with Crippen LogP contribution in [-0.4, -0.2) is 37.0 Å². The number of hydrogen-bond acceptors (Lipinski definition) is 4. The zero-order valence-corrected chi connectivity index (χ0v) is 17.4. The summed E-state index contributed by atoms with van der Waals surface area (Å²) in [7, 11) is 0. The lowest BCUT2D eigenvalue weighted by Crippen LogP contribution is -2.40. The van der Waals surface area contributed by atoms with Gasteiger partial charge in [-0.3, -0.25) is 0 Å². The SMILES string of the molecule is O[C@H](CN(Cc1cccc(OCC(F)F)c1)c1cccc(Oc2ccccc2)c1)C(F)(F)F. The van der Waals surface area contributed by atoms with E-state index < -0.39 is 31.9 Å².